The van der Waals surface area contributed by atoms with Gasteiger partial charge in [0.2, 0.25) is 0 Å². The number of hydrogen-bond acceptors (Lipinski definition) is 0. The molecule has 0 amide bonds. The molecule has 0 aromatic heterocycles. The van der Waals surface area contributed by atoms with Gasteiger partial charge in [0.05, 0.1) is 0 Å². The first kappa shape index (κ1) is 33.9. The average molecular weight is 728 g/mol. The summed E-state index contributed by atoms with van der Waals surface area (Å²) in [5, 5.41) is 3.55. The van der Waals surface area contributed by atoms with Crippen molar-refractivity contribution < 1.29 is 20.3 Å². The van der Waals surface area contributed by atoms with Crippen LogP contribution >= 0.6 is 0 Å². The zero-order valence-electron chi connectivity index (χ0n) is 31.7. The van der Waals surface area contributed by atoms with Crippen LogP contribution in [-0.2, 0) is 31.1 Å². The normalized spacial score (nSPS) is 20.8. The first-order valence-corrected chi connectivity index (χ1v) is 29.2. The van der Waals surface area contributed by atoms with Gasteiger partial charge in [-0.25, -0.2) is 0 Å². The summed E-state index contributed by atoms with van der Waals surface area (Å²) in [6, 6.07) is 33.9. The summed E-state index contributed by atoms with van der Waals surface area (Å²) in [5.74, 6) is 0. The van der Waals surface area contributed by atoms with Crippen LogP contribution in [-0.4, -0.2) is 8.07 Å². The second kappa shape index (κ2) is 11.5. The van der Waals surface area contributed by atoms with Crippen molar-refractivity contribution in [2.24, 2.45) is 0 Å². The van der Waals surface area contributed by atoms with Gasteiger partial charge in [0.15, 0.2) is 0 Å². The monoisotopic (exact) mass is 726 g/mol. The van der Waals surface area contributed by atoms with Gasteiger partial charge >= 0.3 is 299 Å². The zero-order valence-corrected chi connectivity index (χ0v) is 35.1. The van der Waals surface area contributed by atoms with E-state index in [1.165, 1.54) is 33.4 Å². The topological polar surface area (TPSA) is 0 Å². The van der Waals surface area contributed by atoms with E-state index in [-0.39, 0.29) is 10.8 Å². The summed E-state index contributed by atoms with van der Waals surface area (Å²) in [6.07, 6.45) is 2.32. The average Bonchev–Trinajstić information content (AvgIpc) is 3.59. The predicted octanol–water partition coefficient (Wildman–Crippen LogP) is 13.8. The molecule has 0 spiro atoms. The maximum absolute atomic E-state index is 3.02. The fourth-order valence-electron chi connectivity index (χ4n) is 10.1. The van der Waals surface area contributed by atoms with E-state index in [4.69, 9.17) is 0 Å². The van der Waals surface area contributed by atoms with Crippen molar-refractivity contribution in [2.75, 3.05) is 0 Å². The number of rotatable bonds is 4. The van der Waals surface area contributed by atoms with Crippen LogP contribution in [0.5, 0.6) is 0 Å². The third-order valence-electron chi connectivity index (χ3n) is 12.3. The first-order chi connectivity index (χ1) is 22.5. The van der Waals surface area contributed by atoms with E-state index in [1.54, 1.807) is 32.6 Å². The van der Waals surface area contributed by atoms with Crippen molar-refractivity contribution in [1.82, 2.24) is 0 Å². The molecule has 1 aliphatic heterocycles. The third-order valence-corrected chi connectivity index (χ3v) is 26.5. The van der Waals surface area contributed by atoms with E-state index in [0.717, 1.165) is 12.8 Å². The molecule has 0 fully saturated rings. The number of hydrogen-bond donors (Lipinski definition) is 0. The van der Waals surface area contributed by atoms with Gasteiger partial charge in [-0.2, -0.15) is 0 Å². The molecule has 7 rings (SSSR count). The van der Waals surface area contributed by atoms with Gasteiger partial charge in [0.1, 0.15) is 0 Å². The van der Waals surface area contributed by atoms with Crippen LogP contribution in [0.15, 0.2) is 96.1 Å². The van der Waals surface area contributed by atoms with Crippen LogP contribution in [0.1, 0.15) is 109 Å². The molecular formula is C46H56SiZr. The van der Waals surface area contributed by atoms with Crippen molar-refractivity contribution in [1.29, 1.82) is 0 Å². The van der Waals surface area contributed by atoms with E-state index < -0.39 is 28.3 Å². The van der Waals surface area contributed by atoms with E-state index >= 15 is 0 Å². The van der Waals surface area contributed by atoms with Gasteiger partial charge in [-0.05, 0) is 0 Å². The molecule has 4 aromatic rings. The van der Waals surface area contributed by atoms with Crippen molar-refractivity contribution in [3.63, 3.8) is 0 Å². The first-order valence-electron chi connectivity index (χ1n) is 18.5. The molecule has 4 bridgehead atoms. The van der Waals surface area contributed by atoms with Gasteiger partial charge in [-0.3, -0.25) is 0 Å². The molecule has 0 saturated carbocycles. The molecule has 48 heavy (non-hydrogen) atoms. The SMILES string of the molecule is CCC1=C2c3c(-c4ccc(C(C)(C)C)cc4)cccc3[CH]1[Zr]([CH3])([CH3])[CH]1C(CC)=C(c3c(-c4ccc(C(C)(C)C)cc4)cccc31)[Si]2(C)C. The molecular weight excluding hydrogens is 672 g/mol. The molecule has 2 heteroatoms. The molecule has 2 unspecified atom stereocenters. The Morgan fingerprint density at radius 3 is 1.21 bits per heavy atom. The summed E-state index contributed by atoms with van der Waals surface area (Å²) in [7, 11) is -2.20. The number of allylic oxidation sites excluding steroid dienone is 2. The minimum atomic E-state index is -3.02. The Balaban J connectivity index is 1.50. The van der Waals surface area contributed by atoms with E-state index in [9.17, 15) is 0 Å². The Morgan fingerprint density at radius 1 is 0.542 bits per heavy atom. The van der Waals surface area contributed by atoms with E-state index in [1.807, 2.05) is 11.1 Å². The van der Waals surface area contributed by atoms with Gasteiger partial charge in [0.25, 0.3) is 0 Å². The van der Waals surface area contributed by atoms with Crippen LogP contribution in [0.25, 0.3) is 32.6 Å². The van der Waals surface area contributed by atoms with Gasteiger partial charge in [-0.15, -0.1) is 0 Å². The van der Waals surface area contributed by atoms with E-state index in [2.05, 4.69) is 163 Å². The predicted molar refractivity (Wildman–Crippen MR) is 210 cm³/mol. The number of fused-ring (bicyclic) bond motifs is 8. The van der Waals surface area contributed by atoms with Crippen LogP contribution in [0.2, 0.25) is 22.4 Å². The van der Waals surface area contributed by atoms with Crippen LogP contribution in [0.4, 0.5) is 0 Å². The minimum absolute atomic E-state index is 0.148. The van der Waals surface area contributed by atoms with Gasteiger partial charge in [-0.1, -0.05) is 0 Å². The van der Waals surface area contributed by atoms with Gasteiger partial charge in [0, 0.05) is 0 Å². The zero-order chi connectivity index (χ0) is 34.6. The maximum atomic E-state index is 2.81. The molecule has 4 aromatic carbocycles. The van der Waals surface area contributed by atoms with Crippen molar-refractivity contribution in [3.05, 3.63) is 129 Å². The molecule has 2 aliphatic carbocycles. The summed E-state index contributed by atoms with van der Waals surface area (Å²) in [5.41, 5.74) is 19.0. The third kappa shape index (κ3) is 4.98. The standard InChI is InChI=1S/C44H50Si.2CH3.Zr/c1-11-29-27-33-15-13-17-37(31-19-23-35(24-20-31)43(3,4)5)39(33)41(29)45(9,10)42-30(12-2)28-34-16-14-18-38(40(34)42)32-21-25-36(26-22-32)44(6,7)8;;;/h13-28H,11-12H2,1-10H3;2*1H3;. The summed E-state index contributed by atoms with van der Waals surface area (Å²) in [6.45, 7) is 24.3. The fraction of sp³-hybridized carbons (Fsp3) is 0.391. The summed E-state index contributed by atoms with van der Waals surface area (Å²) >= 11 is -3.02. The molecule has 0 nitrogen and oxygen atoms in total. The van der Waals surface area contributed by atoms with E-state index in [0.29, 0.717) is 7.25 Å². The van der Waals surface area contributed by atoms with Crippen molar-refractivity contribution >= 4 is 18.5 Å². The second-order valence-electron chi connectivity index (χ2n) is 18.0. The molecule has 248 valence electrons. The Kier molecular flexibility index (Phi) is 8.13. The Labute approximate surface area is 297 Å². The summed E-state index contributed by atoms with van der Waals surface area (Å²) < 4.78 is 6.85. The number of benzene rings is 4. The molecule has 2 atom stereocenters. The molecule has 3 aliphatic rings. The Hall–Kier alpha value is -2.54. The second-order valence-corrected chi connectivity index (χ2v) is 34.1. The Bertz CT molecular complexity index is 1840. The molecule has 0 N–H and O–H groups in total. The van der Waals surface area contributed by atoms with Crippen molar-refractivity contribution in [2.45, 2.75) is 109 Å². The fourth-order valence-corrected chi connectivity index (χ4v) is 27.2. The summed E-state index contributed by atoms with van der Waals surface area (Å²) in [4.78, 5) is 0. The molecule has 1 heterocycles. The molecule has 0 radical (unpaired) electrons. The van der Waals surface area contributed by atoms with Gasteiger partial charge < -0.3 is 0 Å². The quantitative estimate of drug-likeness (QED) is 0.184. The molecule has 0 saturated heterocycles. The van der Waals surface area contributed by atoms with Crippen LogP contribution in [0.3, 0.4) is 0 Å². The van der Waals surface area contributed by atoms with Crippen LogP contribution < -0.4 is 0 Å². The Morgan fingerprint density at radius 2 is 0.896 bits per heavy atom. The van der Waals surface area contributed by atoms with Crippen LogP contribution in [0, 0.1) is 0 Å². The van der Waals surface area contributed by atoms with Crippen molar-refractivity contribution in [3.8, 4) is 22.3 Å².